The summed E-state index contributed by atoms with van der Waals surface area (Å²) >= 11 is 6.41. The molecular formula is C23H29ClN4O2. The van der Waals surface area contributed by atoms with Crippen molar-refractivity contribution in [3.05, 3.63) is 52.3 Å². The minimum absolute atomic E-state index is 0.0845. The number of aryl methyl sites for hydroxylation is 2. The van der Waals surface area contributed by atoms with E-state index in [1.165, 1.54) is 6.08 Å². The maximum atomic E-state index is 12.4. The molecule has 1 atom stereocenters. The summed E-state index contributed by atoms with van der Waals surface area (Å²) in [5.74, 6) is 0.0529. The Morgan fingerprint density at radius 3 is 2.63 bits per heavy atom. The molecule has 2 amide bonds. The van der Waals surface area contributed by atoms with Gasteiger partial charge in [0.2, 0.25) is 11.8 Å². The number of amides is 2. The fourth-order valence-corrected chi connectivity index (χ4v) is 3.48. The number of anilines is 1. The molecule has 1 heterocycles. The van der Waals surface area contributed by atoms with Gasteiger partial charge in [0, 0.05) is 29.8 Å². The molecule has 2 aromatic rings. The topological polar surface area (TPSA) is 76.0 Å². The molecule has 0 aliphatic heterocycles. The predicted molar refractivity (Wildman–Crippen MR) is 120 cm³/mol. The average Bonchev–Trinajstić information content (AvgIpc) is 3.53. The van der Waals surface area contributed by atoms with E-state index in [1.807, 2.05) is 38.1 Å². The quantitative estimate of drug-likeness (QED) is 0.558. The molecule has 3 rings (SSSR count). The molecule has 2 N–H and O–H groups in total. The van der Waals surface area contributed by atoms with Gasteiger partial charge in [0.15, 0.2) is 0 Å². The number of hydrogen-bond acceptors (Lipinski definition) is 3. The van der Waals surface area contributed by atoms with Crippen molar-refractivity contribution in [3.63, 3.8) is 0 Å². The minimum atomic E-state index is -0.203. The highest BCUT2D eigenvalue weighted by molar-refractivity contribution is 6.31. The van der Waals surface area contributed by atoms with Gasteiger partial charge in [0.25, 0.3) is 0 Å². The third kappa shape index (κ3) is 5.72. The molecule has 0 radical (unpaired) electrons. The molecule has 1 unspecified atom stereocenters. The number of rotatable bonds is 9. The molecule has 30 heavy (non-hydrogen) atoms. The third-order valence-electron chi connectivity index (χ3n) is 5.22. The number of carbonyl (C=O) groups excluding carboxylic acids is 2. The van der Waals surface area contributed by atoms with Gasteiger partial charge in [-0.15, -0.1) is 0 Å². The number of halogens is 1. The summed E-state index contributed by atoms with van der Waals surface area (Å²) in [6, 6.07) is 7.38. The van der Waals surface area contributed by atoms with E-state index in [2.05, 4.69) is 22.7 Å². The molecule has 1 aliphatic rings. The van der Waals surface area contributed by atoms with Crippen molar-refractivity contribution in [3.8, 4) is 0 Å². The molecule has 160 valence electrons. The lowest BCUT2D eigenvalue weighted by atomic mass is 10.1. The Morgan fingerprint density at radius 2 is 2.00 bits per heavy atom. The Kier molecular flexibility index (Phi) is 7.32. The van der Waals surface area contributed by atoms with E-state index in [0.29, 0.717) is 5.15 Å². The molecule has 1 aromatic carbocycles. The minimum Gasteiger partial charge on any atom is -0.346 e. The average molecular weight is 429 g/mol. The van der Waals surface area contributed by atoms with Crippen LogP contribution in [0.1, 0.15) is 62.4 Å². The van der Waals surface area contributed by atoms with Crippen molar-refractivity contribution in [2.24, 2.45) is 5.92 Å². The lowest BCUT2D eigenvalue weighted by Gasteiger charge is -2.14. The maximum absolute atomic E-state index is 12.4. The normalized spacial score (nSPS) is 14.7. The zero-order valence-electron chi connectivity index (χ0n) is 17.7. The standard InChI is InChI=1S/C23H29ClN4O2/c1-4-5-14-28-22(24)20(16(3)27-28)12-13-21(29)25-15(2)17-8-10-19(11-9-17)26-23(30)18-6-7-18/h8-13,15,18H,4-7,14H2,1-3H3,(H,25,29)(H,26,30)/b13-12+. The number of unbranched alkanes of at least 4 members (excludes halogenated alkanes) is 1. The molecular weight excluding hydrogens is 400 g/mol. The van der Waals surface area contributed by atoms with Gasteiger partial charge < -0.3 is 10.6 Å². The lowest BCUT2D eigenvalue weighted by molar-refractivity contribution is -0.118. The predicted octanol–water partition coefficient (Wildman–Crippen LogP) is 4.88. The molecule has 6 nitrogen and oxygen atoms in total. The van der Waals surface area contributed by atoms with Crippen molar-refractivity contribution in [1.82, 2.24) is 15.1 Å². The molecule has 1 aromatic heterocycles. The second kappa shape index (κ2) is 9.94. The first kappa shape index (κ1) is 22.1. The summed E-state index contributed by atoms with van der Waals surface area (Å²) in [6.45, 7) is 6.70. The molecule has 0 saturated heterocycles. The van der Waals surface area contributed by atoms with Crippen molar-refractivity contribution in [2.75, 3.05) is 5.32 Å². The van der Waals surface area contributed by atoms with E-state index in [-0.39, 0.29) is 23.8 Å². The summed E-state index contributed by atoms with van der Waals surface area (Å²) in [4.78, 5) is 24.2. The van der Waals surface area contributed by atoms with Crippen LogP contribution in [0.15, 0.2) is 30.3 Å². The van der Waals surface area contributed by atoms with Crippen LogP contribution in [0.25, 0.3) is 6.08 Å². The molecule has 7 heteroatoms. The first-order chi connectivity index (χ1) is 14.4. The van der Waals surface area contributed by atoms with Gasteiger partial charge in [-0.1, -0.05) is 37.1 Å². The zero-order valence-corrected chi connectivity index (χ0v) is 18.5. The van der Waals surface area contributed by atoms with Gasteiger partial charge in [0.1, 0.15) is 5.15 Å². The van der Waals surface area contributed by atoms with Crippen LogP contribution in [0.2, 0.25) is 5.15 Å². The second-order valence-corrected chi connectivity index (χ2v) is 8.17. The number of hydrogen-bond donors (Lipinski definition) is 2. The summed E-state index contributed by atoms with van der Waals surface area (Å²) < 4.78 is 1.78. The fourth-order valence-electron chi connectivity index (χ4n) is 3.16. The Morgan fingerprint density at radius 1 is 1.30 bits per heavy atom. The van der Waals surface area contributed by atoms with E-state index >= 15 is 0 Å². The first-order valence-electron chi connectivity index (χ1n) is 10.5. The smallest absolute Gasteiger partial charge is 0.244 e. The van der Waals surface area contributed by atoms with Crippen LogP contribution in [-0.2, 0) is 16.1 Å². The summed E-state index contributed by atoms with van der Waals surface area (Å²) in [6.07, 6.45) is 7.22. The van der Waals surface area contributed by atoms with E-state index in [4.69, 9.17) is 11.6 Å². The van der Waals surface area contributed by atoms with Crippen molar-refractivity contribution < 1.29 is 9.59 Å². The Balaban J connectivity index is 1.56. The van der Waals surface area contributed by atoms with Crippen LogP contribution in [0.3, 0.4) is 0 Å². The van der Waals surface area contributed by atoms with Crippen LogP contribution >= 0.6 is 11.6 Å². The highest BCUT2D eigenvalue weighted by Gasteiger charge is 2.29. The number of nitrogens with zero attached hydrogens (tertiary/aromatic N) is 2. The van der Waals surface area contributed by atoms with Gasteiger partial charge in [-0.05, 0) is 56.9 Å². The van der Waals surface area contributed by atoms with Crippen LogP contribution in [0.5, 0.6) is 0 Å². The Bertz CT molecular complexity index is 929. The summed E-state index contributed by atoms with van der Waals surface area (Å²) in [7, 11) is 0. The second-order valence-electron chi connectivity index (χ2n) is 7.82. The third-order valence-corrected chi connectivity index (χ3v) is 5.62. The largest absolute Gasteiger partial charge is 0.346 e. The molecule has 1 fully saturated rings. The Hall–Kier alpha value is -2.60. The lowest BCUT2D eigenvalue weighted by Crippen LogP contribution is -2.24. The number of benzene rings is 1. The van der Waals surface area contributed by atoms with Gasteiger partial charge >= 0.3 is 0 Å². The highest BCUT2D eigenvalue weighted by atomic mass is 35.5. The van der Waals surface area contributed by atoms with Crippen LogP contribution in [0, 0.1) is 12.8 Å². The van der Waals surface area contributed by atoms with E-state index in [9.17, 15) is 9.59 Å². The van der Waals surface area contributed by atoms with E-state index in [1.54, 1.807) is 10.8 Å². The van der Waals surface area contributed by atoms with Gasteiger partial charge in [-0.3, -0.25) is 14.3 Å². The van der Waals surface area contributed by atoms with Gasteiger partial charge in [0.05, 0.1) is 11.7 Å². The highest BCUT2D eigenvalue weighted by Crippen LogP contribution is 2.30. The molecule has 0 spiro atoms. The molecule has 1 aliphatic carbocycles. The molecule has 1 saturated carbocycles. The van der Waals surface area contributed by atoms with Crippen LogP contribution in [0.4, 0.5) is 5.69 Å². The van der Waals surface area contributed by atoms with Crippen molar-refractivity contribution in [1.29, 1.82) is 0 Å². The fraction of sp³-hybridized carbons (Fsp3) is 0.435. The summed E-state index contributed by atoms with van der Waals surface area (Å²) in [5, 5.41) is 10.9. The summed E-state index contributed by atoms with van der Waals surface area (Å²) in [5.41, 5.74) is 3.31. The molecule has 0 bridgehead atoms. The number of nitrogens with one attached hydrogen (secondary N) is 2. The number of carbonyl (C=O) groups is 2. The van der Waals surface area contributed by atoms with Gasteiger partial charge in [-0.25, -0.2) is 0 Å². The first-order valence-corrected chi connectivity index (χ1v) is 10.9. The number of aromatic nitrogens is 2. The Labute approximate surface area is 182 Å². The maximum Gasteiger partial charge on any atom is 0.244 e. The van der Waals surface area contributed by atoms with Crippen LogP contribution < -0.4 is 10.6 Å². The monoisotopic (exact) mass is 428 g/mol. The van der Waals surface area contributed by atoms with Crippen molar-refractivity contribution in [2.45, 2.75) is 59.0 Å². The van der Waals surface area contributed by atoms with E-state index < -0.39 is 0 Å². The SMILES string of the molecule is CCCCn1nc(C)c(/C=C/C(=O)NC(C)c2ccc(NC(=O)C3CC3)cc2)c1Cl. The van der Waals surface area contributed by atoms with Crippen molar-refractivity contribution >= 4 is 35.2 Å². The van der Waals surface area contributed by atoms with E-state index in [0.717, 1.165) is 54.7 Å². The zero-order chi connectivity index (χ0) is 21.7. The van der Waals surface area contributed by atoms with Crippen LogP contribution in [-0.4, -0.2) is 21.6 Å². The van der Waals surface area contributed by atoms with Gasteiger partial charge in [-0.2, -0.15) is 5.10 Å².